The van der Waals surface area contributed by atoms with Gasteiger partial charge >= 0.3 is 12.1 Å². The Bertz CT molecular complexity index is 963. The number of carbonyl (C=O) groups excluding carboxylic acids is 2. The SMILES string of the molecule is CC(C)[C@@H](NC(=O)OCc1ccccc1)C(=O)N[C@@H](Cc1ccccc1[N+](=O)[O-])C(=O)O. The zero-order chi connectivity index (χ0) is 23.7. The molecule has 32 heavy (non-hydrogen) atoms. The maximum absolute atomic E-state index is 12.7. The summed E-state index contributed by atoms with van der Waals surface area (Å²) in [6, 6.07) is 12.2. The van der Waals surface area contributed by atoms with E-state index in [-0.39, 0.29) is 30.2 Å². The van der Waals surface area contributed by atoms with Crippen molar-refractivity contribution in [2.24, 2.45) is 5.92 Å². The number of benzene rings is 2. The number of nitro groups is 1. The van der Waals surface area contributed by atoms with Crippen molar-refractivity contribution in [3.05, 3.63) is 75.8 Å². The topological polar surface area (TPSA) is 148 Å². The molecule has 0 aliphatic heterocycles. The van der Waals surface area contributed by atoms with Crippen molar-refractivity contribution in [3.63, 3.8) is 0 Å². The molecule has 2 aromatic rings. The molecule has 0 bridgehead atoms. The number of alkyl carbamates (subject to hydrolysis) is 1. The first-order chi connectivity index (χ1) is 15.2. The van der Waals surface area contributed by atoms with Gasteiger partial charge in [-0.25, -0.2) is 9.59 Å². The first-order valence-electron chi connectivity index (χ1n) is 9.91. The van der Waals surface area contributed by atoms with E-state index in [0.717, 1.165) is 5.56 Å². The summed E-state index contributed by atoms with van der Waals surface area (Å²) < 4.78 is 5.13. The monoisotopic (exact) mass is 443 g/mol. The number of para-hydroxylation sites is 1. The molecule has 0 fully saturated rings. The fourth-order valence-electron chi connectivity index (χ4n) is 2.97. The lowest BCUT2D eigenvalue weighted by Crippen LogP contribution is -2.54. The number of ether oxygens (including phenoxy) is 1. The molecule has 0 radical (unpaired) electrons. The van der Waals surface area contributed by atoms with Crippen molar-refractivity contribution in [3.8, 4) is 0 Å². The maximum Gasteiger partial charge on any atom is 0.408 e. The molecular weight excluding hydrogens is 418 g/mol. The Kier molecular flexibility index (Phi) is 8.70. The van der Waals surface area contributed by atoms with Gasteiger partial charge in [0, 0.05) is 18.1 Å². The highest BCUT2D eigenvalue weighted by molar-refractivity contribution is 5.89. The Labute approximate surface area is 184 Å². The van der Waals surface area contributed by atoms with Gasteiger partial charge in [-0.15, -0.1) is 0 Å². The van der Waals surface area contributed by atoms with E-state index < -0.39 is 35.0 Å². The third-order valence-corrected chi connectivity index (χ3v) is 4.66. The highest BCUT2D eigenvalue weighted by atomic mass is 16.6. The van der Waals surface area contributed by atoms with Crippen LogP contribution in [0.3, 0.4) is 0 Å². The second-order valence-electron chi connectivity index (χ2n) is 7.42. The van der Waals surface area contributed by atoms with Gasteiger partial charge in [-0.3, -0.25) is 14.9 Å². The van der Waals surface area contributed by atoms with E-state index in [4.69, 9.17) is 4.74 Å². The Morgan fingerprint density at radius 3 is 2.25 bits per heavy atom. The van der Waals surface area contributed by atoms with E-state index in [0.29, 0.717) is 0 Å². The lowest BCUT2D eigenvalue weighted by atomic mass is 10.0. The molecule has 2 amide bonds. The average molecular weight is 443 g/mol. The van der Waals surface area contributed by atoms with Crippen molar-refractivity contribution in [1.82, 2.24) is 10.6 Å². The van der Waals surface area contributed by atoms with Crippen LogP contribution in [0.5, 0.6) is 0 Å². The summed E-state index contributed by atoms with van der Waals surface area (Å²) in [5, 5.41) is 25.5. The first kappa shape index (κ1) is 24.3. The van der Waals surface area contributed by atoms with Crippen LogP contribution in [0.25, 0.3) is 0 Å². The molecule has 0 heterocycles. The summed E-state index contributed by atoms with van der Waals surface area (Å²) in [5.74, 6) is -2.46. The standard InChI is InChI=1S/C22H25N3O7/c1-14(2)19(24-22(29)32-13-15-8-4-3-5-9-15)20(26)23-17(21(27)28)12-16-10-6-7-11-18(16)25(30)31/h3-11,14,17,19H,12-13H2,1-2H3,(H,23,26)(H,24,29)(H,27,28)/t17-,19+/m0/s1. The number of hydrogen-bond donors (Lipinski definition) is 3. The van der Waals surface area contributed by atoms with Crippen LogP contribution in [0.2, 0.25) is 0 Å². The first-order valence-corrected chi connectivity index (χ1v) is 9.91. The van der Waals surface area contributed by atoms with Gasteiger partial charge in [-0.2, -0.15) is 0 Å². The van der Waals surface area contributed by atoms with Gasteiger partial charge < -0.3 is 20.5 Å². The Morgan fingerprint density at radius 1 is 1.03 bits per heavy atom. The number of aliphatic carboxylic acids is 1. The molecule has 0 unspecified atom stereocenters. The molecule has 170 valence electrons. The summed E-state index contributed by atoms with van der Waals surface area (Å²) in [4.78, 5) is 47.2. The number of carbonyl (C=O) groups is 3. The molecule has 10 nitrogen and oxygen atoms in total. The number of carboxylic acid groups (broad SMARTS) is 1. The second-order valence-corrected chi connectivity index (χ2v) is 7.42. The van der Waals surface area contributed by atoms with E-state index in [1.54, 1.807) is 44.2 Å². The summed E-state index contributed by atoms with van der Waals surface area (Å²) in [7, 11) is 0. The Balaban J connectivity index is 2.05. The number of rotatable bonds is 10. The summed E-state index contributed by atoms with van der Waals surface area (Å²) in [6.07, 6.45) is -1.12. The van der Waals surface area contributed by atoms with Gasteiger partial charge in [-0.1, -0.05) is 62.4 Å². The molecule has 2 rings (SSSR count). The van der Waals surface area contributed by atoms with Gasteiger partial charge in [0.05, 0.1) is 4.92 Å². The van der Waals surface area contributed by atoms with Crippen LogP contribution in [0.1, 0.15) is 25.0 Å². The molecule has 2 atom stereocenters. The predicted octanol–water partition coefficient (Wildman–Crippen LogP) is 2.66. The molecule has 0 saturated heterocycles. The minimum absolute atomic E-state index is 0.00847. The van der Waals surface area contributed by atoms with Gasteiger partial charge in [0.1, 0.15) is 18.7 Å². The lowest BCUT2D eigenvalue weighted by Gasteiger charge is -2.23. The smallest absolute Gasteiger partial charge is 0.408 e. The molecule has 0 spiro atoms. The van der Waals surface area contributed by atoms with Gasteiger partial charge in [0.15, 0.2) is 0 Å². The van der Waals surface area contributed by atoms with Crippen LogP contribution in [0.15, 0.2) is 54.6 Å². The maximum atomic E-state index is 12.7. The molecule has 10 heteroatoms. The van der Waals surface area contributed by atoms with Crippen LogP contribution in [-0.4, -0.2) is 40.1 Å². The fraction of sp³-hybridized carbons (Fsp3) is 0.318. The number of hydrogen-bond acceptors (Lipinski definition) is 6. The van der Waals surface area contributed by atoms with Crippen LogP contribution in [0, 0.1) is 16.0 Å². The fourth-order valence-corrected chi connectivity index (χ4v) is 2.97. The van der Waals surface area contributed by atoms with E-state index in [1.807, 2.05) is 6.07 Å². The van der Waals surface area contributed by atoms with E-state index in [2.05, 4.69) is 10.6 Å². The van der Waals surface area contributed by atoms with E-state index in [1.165, 1.54) is 18.2 Å². The van der Waals surface area contributed by atoms with Crippen molar-refractivity contribution in [2.75, 3.05) is 0 Å². The largest absolute Gasteiger partial charge is 0.480 e. The molecule has 0 aliphatic rings. The number of nitrogens with one attached hydrogen (secondary N) is 2. The quantitative estimate of drug-likeness (QED) is 0.378. The molecule has 0 saturated carbocycles. The zero-order valence-electron chi connectivity index (χ0n) is 17.7. The van der Waals surface area contributed by atoms with Crippen molar-refractivity contribution in [2.45, 2.75) is 39.0 Å². The van der Waals surface area contributed by atoms with Crippen LogP contribution >= 0.6 is 0 Å². The number of amides is 2. The lowest BCUT2D eigenvalue weighted by molar-refractivity contribution is -0.385. The second kappa shape index (κ2) is 11.4. The summed E-state index contributed by atoms with van der Waals surface area (Å²) in [6.45, 7) is 3.37. The molecule has 0 aliphatic carbocycles. The zero-order valence-corrected chi connectivity index (χ0v) is 17.7. The van der Waals surface area contributed by atoms with Crippen molar-refractivity contribution >= 4 is 23.7 Å². The Morgan fingerprint density at radius 2 is 1.66 bits per heavy atom. The van der Waals surface area contributed by atoms with Gasteiger partial charge in [-0.05, 0) is 11.5 Å². The van der Waals surface area contributed by atoms with Crippen LogP contribution < -0.4 is 10.6 Å². The van der Waals surface area contributed by atoms with Crippen molar-refractivity contribution in [1.29, 1.82) is 0 Å². The van der Waals surface area contributed by atoms with Gasteiger partial charge in [0.2, 0.25) is 5.91 Å². The normalized spacial score (nSPS) is 12.5. The van der Waals surface area contributed by atoms with Crippen molar-refractivity contribution < 1.29 is 29.2 Å². The number of nitrogens with zero attached hydrogens (tertiary/aromatic N) is 1. The molecule has 2 aromatic carbocycles. The third-order valence-electron chi connectivity index (χ3n) is 4.66. The van der Waals surface area contributed by atoms with Crippen LogP contribution in [0.4, 0.5) is 10.5 Å². The van der Waals surface area contributed by atoms with Crippen LogP contribution in [-0.2, 0) is 27.4 Å². The predicted molar refractivity (Wildman–Crippen MR) is 115 cm³/mol. The highest BCUT2D eigenvalue weighted by Crippen LogP contribution is 2.19. The number of carboxylic acids is 1. The average Bonchev–Trinajstić information content (AvgIpc) is 2.76. The number of nitro benzene ring substituents is 1. The molecule has 3 N–H and O–H groups in total. The minimum atomic E-state index is -1.42. The molecular formula is C22H25N3O7. The molecule has 0 aromatic heterocycles. The van der Waals surface area contributed by atoms with Gasteiger partial charge in [0.25, 0.3) is 5.69 Å². The minimum Gasteiger partial charge on any atom is -0.480 e. The third kappa shape index (κ3) is 7.08. The Hall–Kier alpha value is -3.95. The van der Waals surface area contributed by atoms with E-state index in [9.17, 15) is 29.6 Å². The summed E-state index contributed by atoms with van der Waals surface area (Å²) >= 11 is 0. The van der Waals surface area contributed by atoms with E-state index >= 15 is 0 Å². The summed E-state index contributed by atoms with van der Waals surface area (Å²) in [5.41, 5.74) is 0.696. The highest BCUT2D eigenvalue weighted by Gasteiger charge is 2.30.